The summed E-state index contributed by atoms with van der Waals surface area (Å²) in [6.45, 7) is 4.64. The molecule has 0 radical (unpaired) electrons. The van der Waals surface area contributed by atoms with Gasteiger partial charge in [0.2, 0.25) is 0 Å². The maximum atomic E-state index is 5.31. The van der Waals surface area contributed by atoms with Crippen LogP contribution in [0.1, 0.15) is 39.0 Å². The van der Waals surface area contributed by atoms with E-state index in [1.807, 2.05) is 0 Å². The van der Waals surface area contributed by atoms with Crippen LogP contribution >= 0.6 is 12.2 Å². The van der Waals surface area contributed by atoms with E-state index >= 15 is 0 Å². The Morgan fingerprint density at radius 1 is 1.36 bits per heavy atom. The maximum absolute atomic E-state index is 5.31. The summed E-state index contributed by atoms with van der Waals surface area (Å²) in [5.41, 5.74) is 0. The molecule has 0 saturated carbocycles. The fourth-order valence-corrected chi connectivity index (χ4v) is 1.78. The van der Waals surface area contributed by atoms with Crippen LogP contribution in [0.15, 0.2) is 0 Å². The van der Waals surface area contributed by atoms with E-state index in [4.69, 9.17) is 12.2 Å². The van der Waals surface area contributed by atoms with Crippen molar-refractivity contribution >= 4 is 17.2 Å². The number of likely N-dealkylation sites (tertiary alicyclic amines) is 1. The van der Waals surface area contributed by atoms with Gasteiger partial charge in [0.05, 0.1) is 4.99 Å². The van der Waals surface area contributed by atoms with Crippen molar-refractivity contribution in [1.29, 1.82) is 0 Å². The lowest BCUT2D eigenvalue weighted by molar-refractivity contribution is 0.514. The monoisotopic (exact) mass is 171 g/mol. The molecule has 0 atom stereocenters. The van der Waals surface area contributed by atoms with Gasteiger partial charge in [-0.05, 0) is 25.7 Å². The van der Waals surface area contributed by atoms with E-state index in [9.17, 15) is 0 Å². The predicted octanol–water partition coefficient (Wildman–Crippen LogP) is 2.60. The van der Waals surface area contributed by atoms with Crippen LogP contribution in [0, 0.1) is 0 Å². The minimum Gasteiger partial charge on any atom is -0.366 e. The van der Waals surface area contributed by atoms with Crippen molar-refractivity contribution < 1.29 is 0 Å². The third kappa shape index (κ3) is 2.78. The molecule has 0 aromatic rings. The van der Waals surface area contributed by atoms with Gasteiger partial charge < -0.3 is 4.90 Å². The van der Waals surface area contributed by atoms with Crippen LogP contribution in [0.3, 0.4) is 0 Å². The van der Waals surface area contributed by atoms with Gasteiger partial charge in [0.1, 0.15) is 0 Å². The molecule has 0 spiro atoms. The highest BCUT2D eigenvalue weighted by Gasteiger charge is 2.13. The van der Waals surface area contributed by atoms with Gasteiger partial charge in [0.25, 0.3) is 0 Å². The van der Waals surface area contributed by atoms with Crippen LogP contribution in [0.5, 0.6) is 0 Å². The van der Waals surface area contributed by atoms with Crippen LogP contribution in [-0.2, 0) is 0 Å². The van der Waals surface area contributed by atoms with Crippen LogP contribution < -0.4 is 0 Å². The van der Waals surface area contributed by atoms with Crippen LogP contribution in [-0.4, -0.2) is 23.0 Å². The van der Waals surface area contributed by atoms with E-state index < -0.39 is 0 Å². The number of unbranched alkanes of at least 4 members (excludes halogenated alkanes) is 1. The Hall–Kier alpha value is -0.110. The second-order valence-electron chi connectivity index (χ2n) is 3.19. The Balaban J connectivity index is 2.17. The van der Waals surface area contributed by atoms with Gasteiger partial charge in [-0.2, -0.15) is 0 Å². The van der Waals surface area contributed by atoms with E-state index in [1.54, 1.807) is 0 Å². The third-order valence-electron chi connectivity index (χ3n) is 2.20. The first kappa shape index (κ1) is 8.98. The standard InChI is InChI=1S/C9H17NS/c1-2-3-6-9(11)10-7-4-5-8-10/h2-8H2,1H3. The van der Waals surface area contributed by atoms with Crippen molar-refractivity contribution in [2.75, 3.05) is 13.1 Å². The molecule has 1 nitrogen and oxygen atoms in total. The molecule has 0 bridgehead atoms. The highest BCUT2D eigenvalue weighted by atomic mass is 32.1. The topological polar surface area (TPSA) is 3.24 Å². The Kier molecular flexibility index (Phi) is 3.84. The van der Waals surface area contributed by atoms with E-state index in [2.05, 4.69) is 11.8 Å². The summed E-state index contributed by atoms with van der Waals surface area (Å²) in [6.07, 6.45) is 6.33. The van der Waals surface area contributed by atoms with E-state index in [1.165, 1.54) is 43.8 Å². The Bertz CT molecular complexity index is 128. The second-order valence-corrected chi connectivity index (χ2v) is 3.66. The molecular weight excluding hydrogens is 154 g/mol. The zero-order valence-electron chi connectivity index (χ0n) is 7.31. The summed E-state index contributed by atoms with van der Waals surface area (Å²) < 4.78 is 0. The number of nitrogens with zero attached hydrogens (tertiary/aromatic N) is 1. The normalized spacial score (nSPS) is 17.4. The molecule has 1 saturated heterocycles. The molecule has 11 heavy (non-hydrogen) atoms. The molecule has 1 aliphatic rings. The van der Waals surface area contributed by atoms with Crippen molar-refractivity contribution in [2.45, 2.75) is 39.0 Å². The minimum atomic E-state index is 1.13. The first-order valence-corrected chi connectivity index (χ1v) is 5.03. The minimum absolute atomic E-state index is 1.13. The lowest BCUT2D eigenvalue weighted by atomic mass is 10.2. The number of hydrogen-bond acceptors (Lipinski definition) is 1. The Morgan fingerprint density at radius 3 is 2.55 bits per heavy atom. The first-order valence-electron chi connectivity index (χ1n) is 4.62. The summed E-state index contributed by atoms with van der Waals surface area (Å²) in [7, 11) is 0. The van der Waals surface area contributed by atoms with Crippen LogP contribution in [0.25, 0.3) is 0 Å². The summed E-state index contributed by atoms with van der Waals surface area (Å²) in [5.74, 6) is 0. The molecule has 1 aliphatic heterocycles. The molecule has 0 aromatic heterocycles. The highest BCUT2D eigenvalue weighted by molar-refractivity contribution is 7.80. The largest absolute Gasteiger partial charge is 0.366 e. The molecule has 1 heterocycles. The molecule has 0 aliphatic carbocycles. The van der Waals surface area contributed by atoms with Crippen molar-refractivity contribution in [3.05, 3.63) is 0 Å². The van der Waals surface area contributed by atoms with Gasteiger partial charge in [-0.15, -0.1) is 0 Å². The first-order chi connectivity index (χ1) is 5.34. The summed E-state index contributed by atoms with van der Waals surface area (Å²) in [6, 6.07) is 0. The molecule has 1 fully saturated rings. The number of rotatable bonds is 3. The summed E-state index contributed by atoms with van der Waals surface area (Å²) >= 11 is 5.31. The zero-order chi connectivity index (χ0) is 8.10. The molecule has 0 unspecified atom stereocenters. The average Bonchev–Trinajstić information content (AvgIpc) is 2.52. The lowest BCUT2D eigenvalue weighted by Crippen LogP contribution is -2.25. The second kappa shape index (κ2) is 4.70. The molecule has 64 valence electrons. The molecule has 1 rings (SSSR count). The van der Waals surface area contributed by atoms with Gasteiger partial charge in [-0.3, -0.25) is 0 Å². The molecule has 0 aromatic carbocycles. The van der Waals surface area contributed by atoms with Crippen LogP contribution in [0.4, 0.5) is 0 Å². The van der Waals surface area contributed by atoms with Crippen LogP contribution in [0.2, 0.25) is 0 Å². The average molecular weight is 171 g/mol. The van der Waals surface area contributed by atoms with Gasteiger partial charge in [-0.25, -0.2) is 0 Å². The Morgan fingerprint density at radius 2 is 2.00 bits per heavy atom. The molecule has 2 heteroatoms. The summed E-state index contributed by atoms with van der Waals surface area (Å²) in [4.78, 5) is 3.56. The lowest BCUT2D eigenvalue weighted by Gasteiger charge is -2.17. The van der Waals surface area contributed by atoms with E-state index in [0.29, 0.717) is 0 Å². The van der Waals surface area contributed by atoms with Crippen molar-refractivity contribution in [3.8, 4) is 0 Å². The molecule has 0 amide bonds. The number of thiocarbonyl (C=S) groups is 1. The van der Waals surface area contributed by atoms with E-state index in [-0.39, 0.29) is 0 Å². The maximum Gasteiger partial charge on any atom is 0.0779 e. The fourth-order valence-electron chi connectivity index (χ4n) is 1.45. The number of hydrogen-bond donors (Lipinski definition) is 0. The van der Waals surface area contributed by atoms with Gasteiger partial charge in [0.15, 0.2) is 0 Å². The zero-order valence-corrected chi connectivity index (χ0v) is 8.12. The predicted molar refractivity (Wildman–Crippen MR) is 52.9 cm³/mol. The highest BCUT2D eigenvalue weighted by Crippen LogP contribution is 2.11. The quantitative estimate of drug-likeness (QED) is 0.600. The molecular formula is C9H17NS. The fraction of sp³-hybridized carbons (Fsp3) is 0.889. The van der Waals surface area contributed by atoms with Gasteiger partial charge >= 0.3 is 0 Å². The SMILES string of the molecule is CCCCC(=S)N1CCCC1. The van der Waals surface area contributed by atoms with Crippen molar-refractivity contribution in [1.82, 2.24) is 4.90 Å². The van der Waals surface area contributed by atoms with E-state index in [0.717, 1.165) is 6.42 Å². The van der Waals surface area contributed by atoms with Crippen molar-refractivity contribution in [3.63, 3.8) is 0 Å². The van der Waals surface area contributed by atoms with Gasteiger partial charge in [-0.1, -0.05) is 25.6 Å². The summed E-state index contributed by atoms with van der Waals surface area (Å²) in [5, 5.41) is 0. The third-order valence-corrected chi connectivity index (χ3v) is 2.67. The molecule has 0 N–H and O–H groups in total. The van der Waals surface area contributed by atoms with Gasteiger partial charge in [0, 0.05) is 13.1 Å². The Labute approximate surface area is 74.8 Å². The van der Waals surface area contributed by atoms with Crippen molar-refractivity contribution in [2.24, 2.45) is 0 Å². The smallest absolute Gasteiger partial charge is 0.0779 e.